The van der Waals surface area contributed by atoms with Gasteiger partial charge < -0.3 is 4.74 Å². The Morgan fingerprint density at radius 1 is 1.14 bits per heavy atom. The first kappa shape index (κ1) is 14.8. The average Bonchev–Trinajstić information content (AvgIpc) is 2.75. The fourth-order valence-corrected chi connectivity index (χ4v) is 3.83. The molecule has 1 saturated heterocycles. The summed E-state index contributed by atoms with van der Waals surface area (Å²) in [4.78, 5) is 2.72. The summed E-state index contributed by atoms with van der Waals surface area (Å²) in [6.07, 6.45) is 10.3. The number of unbranched alkanes of at least 4 members (excludes halogenated alkanes) is 1. The summed E-state index contributed by atoms with van der Waals surface area (Å²) in [6, 6.07) is 12.4. The molecule has 0 spiro atoms. The van der Waals surface area contributed by atoms with Crippen molar-refractivity contribution in [3.63, 3.8) is 0 Å². The Morgan fingerprint density at radius 2 is 2.00 bits per heavy atom. The van der Waals surface area contributed by atoms with Crippen LogP contribution in [0.1, 0.15) is 44.1 Å². The molecule has 0 N–H and O–H groups in total. The molecule has 2 heteroatoms. The van der Waals surface area contributed by atoms with Crippen molar-refractivity contribution in [1.82, 2.24) is 4.90 Å². The van der Waals surface area contributed by atoms with Crippen molar-refractivity contribution in [1.29, 1.82) is 0 Å². The lowest BCUT2D eigenvalue weighted by atomic mass is 9.96. The normalized spacial score (nSPS) is 25.1. The van der Waals surface area contributed by atoms with E-state index in [1.54, 1.807) is 12.7 Å². The van der Waals surface area contributed by atoms with E-state index in [1.165, 1.54) is 44.1 Å². The standard InChI is InChI=1S/C19H27NO/c1-21-12-6-5-9-17-13-18-10-11-19(14-17)20(18)15-16-7-3-2-4-8-16/h2-4,7-8,13,18-19H,5-6,9-12,14-15H2,1H3. The van der Waals surface area contributed by atoms with E-state index in [0.29, 0.717) is 6.04 Å². The highest BCUT2D eigenvalue weighted by Crippen LogP contribution is 2.37. The highest BCUT2D eigenvalue weighted by molar-refractivity contribution is 5.21. The van der Waals surface area contributed by atoms with Crippen molar-refractivity contribution in [2.24, 2.45) is 0 Å². The first-order valence-corrected chi connectivity index (χ1v) is 8.35. The van der Waals surface area contributed by atoms with Gasteiger partial charge in [0, 0.05) is 32.3 Å². The Bertz CT molecular complexity index is 468. The number of methoxy groups -OCH3 is 1. The number of hydrogen-bond acceptors (Lipinski definition) is 2. The summed E-state index contributed by atoms with van der Waals surface area (Å²) in [5.41, 5.74) is 3.15. The Labute approximate surface area is 128 Å². The molecule has 2 nitrogen and oxygen atoms in total. The summed E-state index contributed by atoms with van der Waals surface area (Å²) < 4.78 is 5.14. The van der Waals surface area contributed by atoms with Crippen LogP contribution >= 0.6 is 0 Å². The van der Waals surface area contributed by atoms with E-state index >= 15 is 0 Å². The van der Waals surface area contributed by atoms with E-state index in [4.69, 9.17) is 4.74 Å². The molecule has 1 fully saturated rings. The van der Waals surface area contributed by atoms with E-state index in [0.717, 1.165) is 19.2 Å². The molecule has 0 aliphatic carbocycles. The van der Waals surface area contributed by atoms with Gasteiger partial charge in [0.2, 0.25) is 0 Å². The molecular weight excluding hydrogens is 258 g/mol. The van der Waals surface area contributed by atoms with Crippen molar-refractivity contribution in [2.75, 3.05) is 13.7 Å². The smallest absolute Gasteiger partial charge is 0.0462 e. The van der Waals surface area contributed by atoms with Crippen LogP contribution in [-0.2, 0) is 11.3 Å². The third-order valence-corrected chi connectivity index (χ3v) is 4.92. The Morgan fingerprint density at radius 3 is 2.76 bits per heavy atom. The number of fused-ring (bicyclic) bond motifs is 2. The van der Waals surface area contributed by atoms with Gasteiger partial charge in [0.25, 0.3) is 0 Å². The van der Waals surface area contributed by atoms with Crippen LogP contribution in [0.15, 0.2) is 42.0 Å². The zero-order valence-corrected chi connectivity index (χ0v) is 13.1. The van der Waals surface area contributed by atoms with Crippen molar-refractivity contribution >= 4 is 0 Å². The van der Waals surface area contributed by atoms with E-state index in [9.17, 15) is 0 Å². The maximum atomic E-state index is 5.14. The number of hydrogen-bond donors (Lipinski definition) is 0. The number of nitrogens with zero attached hydrogens (tertiary/aromatic N) is 1. The van der Waals surface area contributed by atoms with Gasteiger partial charge in [-0.15, -0.1) is 0 Å². The number of benzene rings is 1. The first-order chi connectivity index (χ1) is 10.4. The minimum atomic E-state index is 0.682. The maximum absolute atomic E-state index is 5.14. The summed E-state index contributed by atoms with van der Waals surface area (Å²) in [7, 11) is 1.79. The number of ether oxygens (including phenoxy) is 1. The predicted octanol–water partition coefficient (Wildman–Crippen LogP) is 4.17. The average molecular weight is 285 g/mol. The van der Waals surface area contributed by atoms with Gasteiger partial charge >= 0.3 is 0 Å². The van der Waals surface area contributed by atoms with E-state index in [1.807, 2.05) is 0 Å². The molecule has 2 atom stereocenters. The van der Waals surface area contributed by atoms with Gasteiger partial charge in [-0.1, -0.05) is 42.0 Å². The fraction of sp³-hybridized carbons (Fsp3) is 0.579. The van der Waals surface area contributed by atoms with Gasteiger partial charge in [-0.25, -0.2) is 0 Å². The van der Waals surface area contributed by atoms with Gasteiger partial charge in [-0.05, 0) is 44.1 Å². The molecule has 0 saturated carbocycles. The molecule has 0 radical (unpaired) electrons. The van der Waals surface area contributed by atoms with Gasteiger partial charge in [0.1, 0.15) is 0 Å². The highest BCUT2D eigenvalue weighted by Gasteiger charge is 2.35. The summed E-state index contributed by atoms with van der Waals surface area (Å²) in [5.74, 6) is 0. The second-order valence-electron chi connectivity index (χ2n) is 6.44. The van der Waals surface area contributed by atoms with Gasteiger partial charge in [0.05, 0.1) is 0 Å². The monoisotopic (exact) mass is 285 g/mol. The number of rotatable bonds is 7. The summed E-state index contributed by atoms with van der Waals surface area (Å²) in [5, 5.41) is 0. The van der Waals surface area contributed by atoms with Crippen molar-refractivity contribution < 1.29 is 4.74 Å². The lowest BCUT2D eigenvalue weighted by molar-refractivity contribution is 0.187. The van der Waals surface area contributed by atoms with Crippen LogP contribution in [0.25, 0.3) is 0 Å². The van der Waals surface area contributed by atoms with Crippen LogP contribution in [0.5, 0.6) is 0 Å². The van der Waals surface area contributed by atoms with Crippen LogP contribution in [0.2, 0.25) is 0 Å². The SMILES string of the molecule is COCCCCC1=CC2CCC(C1)N2Cc1ccccc1. The van der Waals surface area contributed by atoms with Crippen molar-refractivity contribution in [2.45, 2.75) is 57.2 Å². The molecular formula is C19H27NO. The molecule has 2 aliphatic heterocycles. The Hall–Kier alpha value is -1.12. The van der Waals surface area contributed by atoms with E-state index in [-0.39, 0.29) is 0 Å². The Balaban J connectivity index is 1.56. The Kier molecular flexibility index (Phi) is 5.10. The predicted molar refractivity (Wildman–Crippen MR) is 87.2 cm³/mol. The lowest BCUT2D eigenvalue weighted by Gasteiger charge is -2.34. The topological polar surface area (TPSA) is 12.5 Å². The second-order valence-corrected chi connectivity index (χ2v) is 6.44. The molecule has 1 aromatic rings. The van der Waals surface area contributed by atoms with E-state index in [2.05, 4.69) is 41.3 Å². The molecule has 21 heavy (non-hydrogen) atoms. The summed E-state index contributed by atoms with van der Waals surface area (Å²) >= 11 is 0. The molecule has 2 bridgehead atoms. The zero-order valence-electron chi connectivity index (χ0n) is 13.1. The van der Waals surface area contributed by atoms with Gasteiger partial charge in [-0.3, -0.25) is 4.90 Å². The van der Waals surface area contributed by atoms with Crippen molar-refractivity contribution in [3.05, 3.63) is 47.5 Å². The summed E-state index contributed by atoms with van der Waals surface area (Å²) in [6.45, 7) is 2.02. The van der Waals surface area contributed by atoms with Gasteiger partial charge in [-0.2, -0.15) is 0 Å². The van der Waals surface area contributed by atoms with Crippen LogP contribution in [-0.4, -0.2) is 30.7 Å². The third-order valence-electron chi connectivity index (χ3n) is 4.92. The highest BCUT2D eigenvalue weighted by atomic mass is 16.5. The largest absolute Gasteiger partial charge is 0.385 e. The van der Waals surface area contributed by atoms with E-state index < -0.39 is 0 Å². The van der Waals surface area contributed by atoms with Crippen LogP contribution in [0, 0.1) is 0 Å². The van der Waals surface area contributed by atoms with Gasteiger partial charge in [0.15, 0.2) is 0 Å². The third kappa shape index (κ3) is 3.75. The lowest BCUT2D eigenvalue weighted by Crippen LogP contribution is -2.37. The molecule has 2 heterocycles. The molecule has 2 aliphatic rings. The quantitative estimate of drug-likeness (QED) is 0.551. The van der Waals surface area contributed by atoms with Crippen LogP contribution in [0.3, 0.4) is 0 Å². The molecule has 3 rings (SSSR count). The second kappa shape index (κ2) is 7.24. The molecule has 0 amide bonds. The minimum absolute atomic E-state index is 0.682. The molecule has 2 unspecified atom stereocenters. The molecule has 0 aromatic heterocycles. The maximum Gasteiger partial charge on any atom is 0.0462 e. The fourth-order valence-electron chi connectivity index (χ4n) is 3.83. The van der Waals surface area contributed by atoms with Crippen molar-refractivity contribution in [3.8, 4) is 0 Å². The molecule has 1 aromatic carbocycles. The molecule has 114 valence electrons. The minimum Gasteiger partial charge on any atom is -0.385 e. The van der Waals surface area contributed by atoms with Crippen LogP contribution < -0.4 is 0 Å². The first-order valence-electron chi connectivity index (χ1n) is 8.35. The zero-order chi connectivity index (χ0) is 14.5. The van der Waals surface area contributed by atoms with Crippen LogP contribution in [0.4, 0.5) is 0 Å².